The maximum atomic E-state index is 12.2. The van der Waals surface area contributed by atoms with Crippen LogP contribution in [0, 0.1) is 6.92 Å². The SMILES string of the molecule is Cc1cc(Cl)ccc1-c1ccc(NC(=O)Cc2ccc(Br)cc2)cc1. The van der Waals surface area contributed by atoms with Crippen molar-refractivity contribution in [2.45, 2.75) is 13.3 Å². The lowest BCUT2D eigenvalue weighted by Gasteiger charge is -2.09. The van der Waals surface area contributed by atoms with Gasteiger partial charge in [0, 0.05) is 15.2 Å². The summed E-state index contributed by atoms with van der Waals surface area (Å²) >= 11 is 9.40. The van der Waals surface area contributed by atoms with E-state index in [0.717, 1.165) is 37.4 Å². The second-order valence-electron chi connectivity index (χ2n) is 5.89. The number of hydrogen-bond donors (Lipinski definition) is 1. The van der Waals surface area contributed by atoms with E-state index in [1.54, 1.807) is 0 Å². The summed E-state index contributed by atoms with van der Waals surface area (Å²) in [5.74, 6) is -0.0299. The Balaban J connectivity index is 1.68. The minimum atomic E-state index is -0.0299. The monoisotopic (exact) mass is 413 g/mol. The average Bonchev–Trinajstić information content (AvgIpc) is 2.58. The zero-order valence-corrected chi connectivity index (χ0v) is 16.1. The minimum absolute atomic E-state index is 0.0299. The normalized spacial score (nSPS) is 10.5. The van der Waals surface area contributed by atoms with Crippen LogP contribution in [0.15, 0.2) is 71.2 Å². The maximum absolute atomic E-state index is 12.2. The van der Waals surface area contributed by atoms with Crippen LogP contribution in [-0.2, 0) is 11.2 Å². The van der Waals surface area contributed by atoms with Crippen LogP contribution in [0.4, 0.5) is 5.69 Å². The molecule has 0 radical (unpaired) electrons. The highest BCUT2D eigenvalue weighted by Crippen LogP contribution is 2.27. The van der Waals surface area contributed by atoms with E-state index in [-0.39, 0.29) is 5.91 Å². The Morgan fingerprint density at radius 2 is 1.68 bits per heavy atom. The van der Waals surface area contributed by atoms with Gasteiger partial charge >= 0.3 is 0 Å². The van der Waals surface area contributed by atoms with Gasteiger partial charge in [-0.2, -0.15) is 0 Å². The van der Waals surface area contributed by atoms with E-state index in [1.807, 2.05) is 73.7 Å². The lowest BCUT2D eigenvalue weighted by molar-refractivity contribution is -0.115. The molecule has 0 saturated carbocycles. The molecule has 0 aliphatic carbocycles. The van der Waals surface area contributed by atoms with E-state index in [4.69, 9.17) is 11.6 Å². The Hall–Kier alpha value is -2.10. The Morgan fingerprint density at radius 1 is 1.00 bits per heavy atom. The fourth-order valence-electron chi connectivity index (χ4n) is 2.68. The number of anilines is 1. The summed E-state index contributed by atoms with van der Waals surface area (Å²) < 4.78 is 1.00. The second-order valence-corrected chi connectivity index (χ2v) is 7.24. The predicted octanol–water partition coefficient (Wildman–Crippen LogP) is 6.26. The van der Waals surface area contributed by atoms with Crippen molar-refractivity contribution in [2.24, 2.45) is 0 Å². The third-order valence-electron chi connectivity index (χ3n) is 3.95. The Kier molecular flexibility index (Phi) is 5.57. The summed E-state index contributed by atoms with van der Waals surface area (Å²) in [6.45, 7) is 2.04. The molecule has 0 unspecified atom stereocenters. The molecule has 0 fully saturated rings. The van der Waals surface area contributed by atoms with Crippen LogP contribution in [-0.4, -0.2) is 5.91 Å². The average molecular weight is 415 g/mol. The molecule has 4 heteroatoms. The molecule has 0 aromatic heterocycles. The van der Waals surface area contributed by atoms with E-state index >= 15 is 0 Å². The molecule has 126 valence electrons. The van der Waals surface area contributed by atoms with Gasteiger partial charge in [0.25, 0.3) is 0 Å². The summed E-state index contributed by atoms with van der Waals surface area (Å²) in [5, 5.41) is 3.67. The smallest absolute Gasteiger partial charge is 0.228 e. The third kappa shape index (κ3) is 4.71. The van der Waals surface area contributed by atoms with E-state index in [1.165, 1.54) is 0 Å². The van der Waals surface area contributed by atoms with E-state index in [9.17, 15) is 4.79 Å². The molecule has 25 heavy (non-hydrogen) atoms. The molecular formula is C21H17BrClNO. The number of carbonyl (C=O) groups is 1. The fourth-order valence-corrected chi connectivity index (χ4v) is 3.17. The number of rotatable bonds is 4. The molecule has 3 rings (SSSR count). The first-order valence-electron chi connectivity index (χ1n) is 7.92. The van der Waals surface area contributed by atoms with Crippen molar-refractivity contribution in [3.63, 3.8) is 0 Å². The van der Waals surface area contributed by atoms with Crippen molar-refractivity contribution in [1.82, 2.24) is 0 Å². The van der Waals surface area contributed by atoms with Crippen molar-refractivity contribution in [3.05, 3.63) is 87.4 Å². The Bertz CT molecular complexity index is 889. The first-order valence-corrected chi connectivity index (χ1v) is 9.09. The highest BCUT2D eigenvalue weighted by molar-refractivity contribution is 9.10. The summed E-state index contributed by atoms with van der Waals surface area (Å²) in [4.78, 5) is 12.2. The quantitative estimate of drug-likeness (QED) is 0.536. The highest BCUT2D eigenvalue weighted by atomic mass is 79.9. The van der Waals surface area contributed by atoms with Crippen LogP contribution < -0.4 is 5.32 Å². The van der Waals surface area contributed by atoms with Gasteiger partial charge in [-0.15, -0.1) is 0 Å². The molecule has 0 atom stereocenters. The molecule has 0 bridgehead atoms. The van der Waals surface area contributed by atoms with E-state index < -0.39 is 0 Å². The number of amides is 1. The number of carbonyl (C=O) groups excluding carboxylic acids is 1. The molecule has 0 aliphatic rings. The van der Waals surface area contributed by atoms with Crippen LogP contribution in [0.2, 0.25) is 5.02 Å². The Morgan fingerprint density at radius 3 is 2.32 bits per heavy atom. The Labute approximate surface area is 161 Å². The van der Waals surface area contributed by atoms with E-state index in [0.29, 0.717) is 6.42 Å². The van der Waals surface area contributed by atoms with Gasteiger partial charge in [-0.05, 0) is 65.6 Å². The number of hydrogen-bond acceptors (Lipinski definition) is 1. The van der Waals surface area contributed by atoms with Crippen LogP contribution in [0.1, 0.15) is 11.1 Å². The van der Waals surface area contributed by atoms with E-state index in [2.05, 4.69) is 21.2 Å². The molecular weight excluding hydrogens is 398 g/mol. The number of benzene rings is 3. The molecule has 0 heterocycles. The van der Waals surface area contributed by atoms with Gasteiger partial charge in [-0.1, -0.05) is 57.9 Å². The van der Waals surface area contributed by atoms with Crippen LogP contribution in [0.3, 0.4) is 0 Å². The standard InChI is InChI=1S/C21H17BrClNO/c1-14-12-18(23)8-11-20(14)16-4-9-19(10-5-16)24-21(25)13-15-2-6-17(22)7-3-15/h2-12H,13H2,1H3,(H,24,25). The summed E-state index contributed by atoms with van der Waals surface area (Å²) in [6, 6.07) is 21.5. The lowest BCUT2D eigenvalue weighted by Crippen LogP contribution is -2.14. The molecule has 1 amide bonds. The summed E-state index contributed by atoms with van der Waals surface area (Å²) in [7, 11) is 0. The number of halogens is 2. The second kappa shape index (κ2) is 7.85. The number of nitrogens with one attached hydrogen (secondary N) is 1. The zero-order chi connectivity index (χ0) is 17.8. The van der Waals surface area contributed by atoms with Gasteiger partial charge < -0.3 is 5.32 Å². The zero-order valence-electron chi connectivity index (χ0n) is 13.7. The molecule has 3 aromatic carbocycles. The predicted molar refractivity (Wildman–Crippen MR) is 108 cm³/mol. The van der Waals surface area contributed by atoms with Crippen molar-refractivity contribution >= 4 is 39.1 Å². The van der Waals surface area contributed by atoms with Gasteiger partial charge in [0.15, 0.2) is 0 Å². The minimum Gasteiger partial charge on any atom is -0.326 e. The summed E-state index contributed by atoms with van der Waals surface area (Å²) in [5.41, 5.74) is 5.13. The molecule has 0 saturated heterocycles. The number of aryl methyl sites for hydroxylation is 1. The fraction of sp³-hybridized carbons (Fsp3) is 0.0952. The van der Waals surface area contributed by atoms with Gasteiger partial charge in [0.1, 0.15) is 0 Å². The van der Waals surface area contributed by atoms with Crippen molar-refractivity contribution in [1.29, 1.82) is 0 Å². The molecule has 0 aliphatic heterocycles. The summed E-state index contributed by atoms with van der Waals surface area (Å²) in [6.07, 6.45) is 0.353. The molecule has 1 N–H and O–H groups in total. The first kappa shape index (κ1) is 17.7. The van der Waals surface area contributed by atoms with Crippen LogP contribution in [0.25, 0.3) is 11.1 Å². The van der Waals surface area contributed by atoms with Gasteiger partial charge in [0.05, 0.1) is 6.42 Å². The van der Waals surface area contributed by atoms with Crippen molar-refractivity contribution in [2.75, 3.05) is 5.32 Å². The molecule has 3 aromatic rings. The maximum Gasteiger partial charge on any atom is 0.228 e. The highest BCUT2D eigenvalue weighted by Gasteiger charge is 2.06. The van der Waals surface area contributed by atoms with Gasteiger partial charge in [-0.3, -0.25) is 4.79 Å². The molecule has 0 spiro atoms. The van der Waals surface area contributed by atoms with Gasteiger partial charge in [-0.25, -0.2) is 0 Å². The van der Waals surface area contributed by atoms with Crippen LogP contribution >= 0.6 is 27.5 Å². The first-order chi connectivity index (χ1) is 12.0. The van der Waals surface area contributed by atoms with Crippen LogP contribution in [0.5, 0.6) is 0 Å². The third-order valence-corrected chi connectivity index (χ3v) is 4.71. The topological polar surface area (TPSA) is 29.1 Å². The molecule has 2 nitrogen and oxygen atoms in total. The van der Waals surface area contributed by atoms with Crippen molar-refractivity contribution in [3.8, 4) is 11.1 Å². The van der Waals surface area contributed by atoms with Crippen molar-refractivity contribution < 1.29 is 4.79 Å². The largest absolute Gasteiger partial charge is 0.326 e. The van der Waals surface area contributed by atoms with Gasteiger partial charge in [0.2, 0.25) is 5.91 Å². The lowest BCUT2D eigenvalue weighted by atomic mass is 10.0.